The Morgan fingerprint density at radius 2 is 2.11 bits per heavy atom. The van der Waals surface area contributed by atoms with Gasteiger partial charge < -0.3 is 0 Å². The van der Waals surface area contributed by atoms with Crippen molar-refractivity contribution in [2.24, 2.45) is 5.92 Å². The zero-order valence-corrected chi connectivity index (χ0v) is 6.65. The fourth-order valence-electron chi connectivity index (χ4n) is 0.758. The predicted octanol–water partition coefficient (Wildman–Crippen LogP) is 3.16. The molecule has 9 heavy (non-hydrogen) atoms. The summed E-state index contributed by atoms with van der Waals surface area (Å²) in [6.45, 7) is 10.2. The maximum absolute atomic E-state index is 3.72. The second-order valence-corrected chi connectivity index (χ2v) is 2.54. The van der Waals surface area contributed by atoms with Crippen LogP contribution >= 0.6 is 0 Å². The van der Waals surface area contributed by atoms with Crippen LogP contribution in [0.5, 0.6) is 0 Å². The summed E-state index contributed by atoms with van der Waals surface area (Å²) >= 11 is 0. The van der Waals surface area contributed by atoms with Gasteiger partial charge in [-0.3, -0.25) is 0 Å². The molecule has 0 fully saturated rings. The third kappa shape index (κ3) is 4.01. The van der Waals surface area contributed by atoms with Crippen LogP contribution < -0.4 is 0 Å². The molecule has 0 N–H and O–H groups in total. The molecule has 0 unspecified atom stereocenters. The molecule has 0 aromatic carbocycles. The maximum Gasteiger partial charge on any atom is -0.0285 e. The minimum absolute atomic E-state index is 0.651. The van der Waals surface area contributed by atoms with E-state index in [0.29, 0.717) is 5.92 Å². The minimum atomic E-state index is 0.651. The van der Waals surface area contributed by atoms with Gasteiger partial charge in [0.05, 0.1) is 0 Å². The lowest BCUT2D eigenvalue weighted by atomic mass is 10.1. The first-order valence-electron chi connectivity index (χ1n) is 3.53. The Labute approximate surface area is 58.3 Å². The van der Waals surface area contributed by atoms with Gasteiger partial charge in [-0.25, -0.2) is 0 Å². The van der Waals surface area contributed by atoms with Crippen LogP contribution in [0.15, 0.2) is 24.3 Å². The molecule has 0 heterocycles. The smallest absolute Gasteiger partial charge is 0.0285 e. The Hall–Kier alpha value is -0.520. The van der Waals surface area contributed by atoms with Crippen LogP contribution in [-0.2, 0) is 0 Å². The largest absolute Gasteiger partial charge is 0.0988 e. The van der Waals surface area contributed by atoms with Crippen molar-refractivity contribution < 1.29 is 0 Å². The molecule has 0 amide bonds. The van der Waals surface area contributed by atoms with E-state index < -0.39 is 0 Å². The third-order valence-electron chi connectivity index (χ3n) is 1.22. The van der Waals surface area contributed by atoms with E-state index >= 15 is 0 Å². The Morgan fingerprint density at radius 3 is 2.22 bits per heavy atom. The highest BCUT2D eigenvalue weighted by molar-refractivity contribution is 5.15. The van der Waals surface area contributed by atoms with E-state index in [4.69, 9.17) is 0 Å². The van der Waals surface area contributed by atoms with E-state index in [1.807, 2.05) is 6.08 Å². The van der Waals surface area contributed by atoms with Crippen LogP contribution in [0.4, 0.5) is 0 Å². The van der Waals surface area contributed by atoms with Crippen LogP contribution in [0.3, 0.4) is 0 Å². The lowest BCUT2D eigenvalue weighted by Crippen LogP contribution is -1.82. The van der Waals surface area contributed by atoms with E-state index in [-0.39, 0.29) is 0 Å². The second kappa shape index (κ2) is 4.37. The molecule has 0 aliphatic rings. The van der Waals surface area contributed by atoms with Gasteiger partial charge in [0, 0.05) is 0 Å². The van der Waals surface area contributed by atoms with E-state index in [0.717, 1.165) is 6.42 Å². The van der Waals surface area contributed by atoms with Crippen molar-refractivity contribution in [3.63, 3.8) is 0 Å². The molecule has 0 aliphatic carbocycles. The average molecular weight is 124 g/mol. The second-order valence-electron chi connectivity index (χ2n) is 2.54. The van der Waals surface area contributed by atoms with Crippen molar-refractivity contribution >= 4 is 0 Å². The maximum atomic E-state index is 3.72. The van der Waals surface area contributed by atoms with Gasteiger partial charge in [0.2, 0.25) is 0 Å². The minimum Gasteiger partial charge on any atom is -0.0988 e. The fourth-order valence-corrected chi connectivity index (χ4v) is 0.758. The molecule has 0 aromatic heterocycles. The topological polar surface area (TPSA) is 0 Å². The highest BCUT2D eigenvalue weighted by Crippen LogP contribution is 2.05. The Balaban J connectivity index is 3.90. The van der Waals surface area contributed by atoms with Gasteiger partial charge in [-0.1, -0.05) is 45.1 Å². The van der Waals surface area contributed by atoms with Crippen molar-refractivity contribution in [1.82, 2.24) is 0 Å². The van der Waals surface area contributed by atoms with Gasteiger partial charge in [-0.15, -0.1) is 0 Å². The summed E-state index contributed by atoms with van der Waals surface area (Å²) in [4.78, 5) is 0. The molecular weight excluding hydrogens is 108 g/mol. The first kappa shape index (κ1) is 8.48. The third-order valence-corrected chi connectivity index (χ3v) is 1.22. The first-order valence-corrected chi connectivity index (χ1v) is 3.53. The molecule has 0 saturated heterocycles. The Bertz CT molecular complexity index is 107. The quantitative estimate of drug-likeness (QED) is 0.507. The van der Waals surface area contributed by atoms with Crippen molar-refractivity contribution in [3.8, 4) is 0 Å². The number of hydrogen-bond acceptors (Lipinski definition) is 0. The van der Waals surface area contributed by atoms with Gasteiger partial charge in [0.15, 0.2) is 0 Å². The van der Waals surface area contributed by atoms with Crippen LogP contribution in [0.1, 0.15) is 27.2 Å². The molecule has 0 saturated carbocycles. The lowest BCUT2D eigenvalue weighted by molar-refractivity contribution is 0.819. The van der Waals surface area contributed by atoms with Crippen molar-refractivity contribution in [2.45, 2.75) is 27.2 Å². The number of allylic oxidation sites excluding steroid dienone is 3. The molecule has 0 heteroatoms. The summed E-state index contributed by atoms with van der Waals surface area (Å²) in [5.74, 6) is 0.651. The normalized spacial score (nSPS) is 12.2. The van der Waals surface area contributed by atoms with Crippen LogP contribution in [0.2, 0.25) is 0 Å². The standard InChI is InChI=1S/C9H16/c1-5-9(6-2)7-8(3)4/h5,7-8H,1,6H2,2-4H3/b9-7+. The molecule has 0 atom stereocenters. The molecule has 0 radical (unpaired) electrons. The molecule has 0 spiro atoms. The van der Waals surface area contributed by atoms with Crippen molar-refractivity contribution in [3.05, 3.63) is 24.3 Å². The molecule has 0 rings (SSSR count). The monoisotopic (exact) mass is 124 g/mol. The van der Waals surface area contributed by atoms with Gasteiger partial charge >= 0.3 is 0 Å². The van der Waals surface area contributed by atoms with Gasteiger partial charge in [-0.2, -0.15) is 0 Å². The number of hydrogen-bond donors (Lipinski definition) is 0. The van der Waals surface area contributed by atoms with E-state index in [2.05, 4.69) is 33.4 Å². The lowest BCUT2D eigenvalue weighted by Gasteiger charge is -1.98. The highest BCUT2D eigenvalue weighted by atomic mass is 13.9. The summed E-state index contributed by atoms with van der Waals surface area (Å²) in [6.07, 6.45) is 5.27. The predicted molar refractivity (Wildman–Crippen MR) is 43.4 cm³/mol. The zero-order valence-electron chi connectivity index (χ0n) is 6.65. The molecule has 0 aromatic rings. The van der Waals surface area contributed by atoms with E-state index in [9.17, 15) is 0 Å². The summed E-state index contributed by atoms with van der Waals surface area (Å²) in [5.41, 5.74) is 1.35. The van der Waals surface area contributed by atoms with Gasteiger partial charge in [-0.05, 0) is 12.3 Å². The molecule has 0 nitrogen and oxygen atoms in total. The molecule has 0 bridgehead atoms. The fraction of sp³-hybridized carbons (Fsp3) is 0.556. The van der Waals surface area contributed by atoms with E-state index in [1.54, 1.807) is 0 Å². The summed E-state index contributed by atoms with van der Waals surface area (Å²) < 4.78 is 0. The summed E-state index contributed by atoms with van der Waals surface area (Å²) in [7, 11) is 0. The zero-order chi connectivity index (χ0) is 7.28. The van der Waals surface area contributed by atoms with Crippen molar-refractivity contribution in [2.75, 3.05) is 0 Å². The molecule has 52 valence electrons. The average Bonchev–Trinajstić information content (AvgIpc) is 1.82. The Kier molecular flexibility index (Phi) is 4.12. The van der Waals surface area contributed by atoms with E-state index in [1.165, 1.54) is 5.57 Å². The van der Waals surface area contributed by atoms with Crippen LogP contribution in [0, 0.1) is 5.92 Å². The SMILES string of the molecule is C=C/C(=C\C(C)C)CC. The van der Waals surface area contributed by atoms with Crippen molar-refractivity contribution in [1.29, 1.82) is 0 Å². The molecular formula is C9H16. The van der Waals surface area contributed by atoms with Gasteiger partial charge in [0.25, 0.3) is 0 Å². The highest BCUT2D eigenvalue weighted by Gasteiger charge is 1.88. The number of rotatable bonds is 3. The summed E-state index contributed by atoms with van der Waals surface area (Å²) in [5, 5.41) is 0. The van der Waals surface area contributed by atoms with Crippen LogP contribution in [0.25, 0.3) is 0 Å². The first-order chi connectivity index (χ1) is 4.20. The molecule has 0 aliphatic heterocycles. The Morgan fingerprint density at radius 1 is 1.56 bits per heavy atom. The summed E-state index contributed by atoms with van der Waals surface area (Å²) in [6, 6.07) is 0. The van der Waals surface area contributed by atoms with Gasteiger partial charge in [0.1, 0.15) is 0 Å². The van der Waals surface area contributed by atoms with Crippen LogP contribution in [-0.4, -0.2) is 0 Å².